The fourth-order valence-corrected chi connectivity index (χ4v) is 1.76. The van der Waals surface area contributed by atoms with E-state index in [-0.39, 0.29) is 6.61 Å². The zero-order chi connectivity index (χ0) is 16.2. The molecule has 6 nitrogen and oxygen atoms in total. The van der Waals surface area contributed by atoms with Crippen LogP contribution in [-0.2, 0) is 4.74 Å². The highest BCUT2D eigenvalue weighted by molar-refractivity contribution is 5.74. The van der Waals surface area contributed by atoms with Crippen molar-refractivity contribution >= 4 is 12.2 Å². The minimum atomic E-state index is -0.950. The fourth-order valence-electron chi connectivity index (χ4n) is 1.76. The molecule has 1 rings (SSSR count). The van der Waals surface area contributed by atoms with E-state index in [1.165, 1.54) is 6.42 Å². The first-order valence-electron chi connectivity index (χ1n) is 7.49. The molecule has 0 aliphatic heterocycles. The molecule has 6 heteroatoms. The van der Waals surface area contributed by atoms with E-state index < -0.39 is 12.2 Å². The molecule has 0 N–H and O–H groups in total. The van der Waals surface area contributed by atoms with Crippen LogP contribution in [0.3, 0.4) is 0 Å². The zero-order valence-corrected chi connectivity index (χ0v) is 13.1. The average Bonchev–Trinajstić information content (AvgIpc) is 2.51. The summed E-state index contributed by atoms with van der Waals surface area (Å²) in [6, 6.07) is 7.00. The van der Waals surface area contributed by atoms with Gasteiger partial charge in [-0.2, -0.15) is 0 Å². The standard InChI is InChI=1S/C16H22N2O4/c1-3-4-5-6-9-12-21-15(19)17-18-16(20)22-14-11-8-7-10-13(14)2/h7-8,10-11H,3-6,9,12H2,1-2H3/b18-17+. The molecule has 0 radical (unpaired) electrons. The van der Waals surface area contributed by atoms with Gasteiger partial charge in [-0.05, 0) is 25.0 Å². The number of carbonyl (C=O) groups excluding carboxylic acids is 2. The number of unbranched alkanes of at least 4 members (excludes halogenated alkanes) is 4. The molecule has 0 saturated carbocycles. The van der Waals surface area contributed by atoms with E-state index in [0.717, 1.165) is 31.2 Å². The first-order valence-corrected chi connectivity index (χ1v) is 7.49. The Kier molecular flexibility index (Phi) is 8.49. The third-order valence-corrected chi connectivity index (χ3v) is 2.98. The van der Waals surface area contributed by atoms with E-state index in [0.29, 0.717) is 5.75 Å². The lowest BCUT2D eigenvalue weighted by Gasteiger charge is -2.03. The van der Waals surface area contributed by atoms with Crippen LogP contribution in [0.4, 0.5) is 9.59 Å². The monoisotopic (exact) mass is 306 g/mol. The van der Waals surface area contributed by atoms with Crippen molar-refractivity contribution < 1.29 is 19.1 Å². The molecular weight excluding hydrogens is 284 g/mol. The van der Waals surface area contributed by atoms with Crippen LogP contribution in [0.1, 0.15) is 44.6 Å². The summed E-state index contributed by atoms with van der Waals surface area (Å²) in [5, 5.41) is 6.35. The minimum Gasteiger partial charge on any atom is -0.447 e. The molecule has 1 aromatic rings. The predicted octanol–water partition coefficient (Wildman–Crippen LogP) is 5.05. The molecular formula is C16H22N2O4. The Hall–Kier alpha value is -2.24. The molecule has 22 heavy (non-hydrogen) atoms. The predicted molar refractivity (Wildman–Crippen MR) is 82.2 cm³/mol. The molecule has 0 aliphatic carbocycles. The first-order chi connectivity index (χ1) is 10.6. The summed E-state index contributed by atoms with van der Waals surface area (Å²) in [6.07, 6.45) is 3.43. The lowest BCUT2D eigenvalue weighted by atomic mass is 10.2. The Morgan fingerprint density at radius 3 is 2.41 bits per heavy atom. The number of hydrogen-bond acceptors (Lipinski definition) is 4. The number of carbonyl (C=O) groups is 2. The quantitative estimate of drug-likeness (QED) is 0.521. The fraction of sp³-hybridized carbons (Fsp3) is 0.500. The molecule has 0 fully saturated rings. The van der Waals surface area contributed by atoms with Crippen molar-refractivity contribution in [3.63, 3.8) is 0 Å². The summed E-state index contributed by atoms with van der Waals surface area (Å²) in [5.74, 6) is 0.385. The van der Waals surface area contributed by atoms with Crippen LogP contribution in [0.25, 0.3) is 0 Å². The Morgan fingerprint density at radius 2 is 1.68 bits per heavy atom. The van der Waals surface area contributed by atoms with Crippen LogP contribution in [0.5, 0.6) is 5.75 Å². The topological polar surface area (TPSA) is 77.3 Å². The highest BCUT2D eigenvalue weighted by Gasteiger charge is 2.07. The van der Waals surface area contributed by atoms with Crippen molar-refractivity contribution in [1.82, 2.24) is 0 Å². The molecule has 0 atom stereocenters. The third kappa shape index (κ3) is 7.52. The van der Waals surface area contributed by atoms with Gasteiger partial charge >= 0.3 is 12.2 Å². The van der Waals surface area contributed by atoms with Gasteiger partial charge in [0.2, 0.25) is 0 Å². The van der Waals surface area contributed by atoms with Gasteiger partial charge in [-0.25, -0.2) is 9.59 Å². The van der Waals surface area contributed by atoms with E-state index in [4.69, 9.17) is 9.47 Å². The van der Waals surface area contributed by atoms with E-state index >= 15 is 0 Å². The molecule has 0 aromatic heterocycles. The summed E-state index contributed by atoms with van der Waals surface area (Å²) in [4.78, 5) is 22.7. The van der Waals surface area contributed by atoms with Crippen LogP contribution in [0.15, 0.2) is 34.5 Å². The lowest BCUT2D eigenvalue weighted by Crippen LogP contribution is -2.05. The van der Waals surface area contributed by atoms with Gasteiger partial charge in [-0.1, -0.05) is 61.0 Å². The van der Waals surface area contributed by atoms with Crippen molar-refractivity contribution in [1.29, 1.82) is 0 Å². The lowest BCUT2D eigenvalue weighted by molar-refractivity contribution is 0.151. The molecule has 1 aromatic carbocycles. The smallest absolute Gasteiger partial charge is 0.447 e. The van der Waals surface area contributed by atoms with Gasteiger partial charge in [-0.15, -0.1) is 0 Å². The van der Waals surface area contributed by atoms with Crippen molar-refractivity contribution in [3.8, 4) is 5.75 Å². The molecule has 2 amide bonds. The van der Waals surface area contributed by atoms with Gasteiger partial charge in [0.25, 0.3) is 0 Å². The van der Waals surface area contributed by atoms with Gasteiger partial charge in [0.05, 0.1) is 6.61 Å². The third-order valence-electron chi connectivity index (χ3n) is 2.98. The molecule has 0 spiro atoms. The second kappa shape index (κ2) is 10.5. The molecule has 0 saturated heterocycles. The summed E-state index contributed by atoms with van der Waals surface area (Å²) in [7, 11) is 0. The van der Waals surface area contributed by atoms with E-state index in [2.05, 4.69) is 17.2 Å². The number of benzene rings is 1. The normalized spacial score (nSPS) is 10.6. The van der Waals surface area contributed by atoms with Gasteiger partial charge in [0, 0.05) is 0 Å². The maximum Gasteiger partial charge on any atom is 0.458 e. The van der Waals surface area contributed by atoms with Gasteiger partial charge in [0.1, 0.15) is 5.75 Å². The average molecular weight is 306 g/mol. The van der Waals surface area contributed by atoms with Crippen LogP contribution < -0.4 is 4.74 Å². The maximum absolute atomic E-state index is 11.4. The number of azo groups is 1. The van der Waals surface area contributed by atoms with Crippen molar-refractivity contribution in [2.75, 3.05) is 6.61 Å². The first kappa shape index (κ1) is 17.8. The Balaban J connectivity index is 2.24. The number of hydrogen-bond donors (Lipinski definition) is 0. The van der Waals surface area contributed by atoms with Gasteiger partial charge in [-0.3, -0.25) is 0 Å². The summed E-state index contributed by atoms with van der Waals surface area (Å²) < 4.78 is 9.80. The molecule has 0 unspecified atom stereocenters. The Labute approximate surface area is 130 Å². The number of rotatable bonds is 7. The van der Waals surface area contributed by atoms with Crippen LogP contribution >= 0.6 is 0 Å². The summed E-state index contributed by atoms with van der Waals surface area (Å²) >= 11 is 0. The van der Waals surface area contributed by atoms with Crippen molar-refractivity contribution in [2.24, 2.45) is 10.2 Å². The van der Waals surface area contributed by atoms with Gasteiger partial charge in [0.15, 0.2) is 0 Å². The van der Waals surface area contributed by atoms with E-state index in [1.807, 2.05) is 6.07 Å². The summed E-state index contributed by atoms with van der Waals surface area (Å²) in [6.45, 7) is 4.22. The number of nitrogens with zero attached hydrogens (tertiary/aromatic N) is 2. The highest BCUT2D eigenvalue weighted by atomic mass is 16.6. The minimum absolute atomic E-state index is 0.286. The number of aryl methyl sites for hydroxylation is 1. The number of para-hydroxylation sites is 1. The van der Waals surface area contributed by atoms with Crippen molar-refractivity contribution in [3.05, 3.63) is 29.8 Å². The number of amides is 2. The largest absolute Gasteiger partial charge is 0.458 e. The van der Waals surface area contributed by atoms with Crippen LogP contribution in [0.2, 0.25) is 0 Å². The van der Waals surface area contributed by atoms with Crippen molar-refractivity contribution in [2.45, 2.75) is 46.0 Å². The summed E-state index contributed by atoms with van der Waals surface area (Å²) in [5.41, 5.74) is 0.792. The molecule has 120 valence electrons. The Morgan fingerprint density at radius 1 is 1.00 bits per heavy atom. The molecule has 0 bridgehead atoms. The van der Waals surface area contributed by atoms with Gasteiger partial charge < -0.3 is 9.47 Å². The zero-order valence-electron chi connectivity index (χ0n) is 13.1. The molecule has 0 heterocycles. The highest BCUT2D eigenvalue weighted by Crippen LogP contribution is 2.16. The second-order valence-corrected chi connectivity index (χ2v) is 4.86. The van der Waals surface area contributed by atoms with Crippen LogP contribution in [0, 0.1) is 6.92 Å². The van der Waals surface area contributed by atoms with Crippen LogP contribution in [-0.4, -0.2) is 18.8 Å². The van der Waals surface area contributed by atoms with E-state index in [9.17, 15) is 9.59 Å². The van der Waals surface area contributed by atoms with E-state index in [1.54, 1.807) is 25.1 Å². The number of ether oxygens (including phenoxy) is 2. The SMILES string of the molecule is CCCCCCCOC(=O)/N=N/C(=O)Oc1ccccc1C. The molecule has 0 aliphatic rings. The Bertz CT molecular complexity index is 515. The maximum atomic E-state index is 11.4. The second-order valence-electron chi connectivity index (χ2n) is 4.86.